The molecule has 0 bridgehead atoms. The minimum atomic E-state index is -0.903. The van der Waals surface area contributed by atoms with Crippen LogP contribution in [-0.2, 0) is 4.79 Å². The Hall–Kier alpha value is -1.91. The van der Waals surface area contributed by atoms with Crippen LogP contribution in [0.5, 0.6) is 0 Å². The summed E-state index contributed by atoms with van der Waals surface area (Å²) in [6, 6.07) is 3.52. The number of aromatic nitrogens is 1. The highest BCUT2D eigenvalue weighted by Crippen LogP contribution is 2.10. The SMILES string of the molecule is CCN(CCC(=O)O)C(=O)c1ccc(C)nc1C. The third-order valence-corrected chi connectivity index (χ3v) is 2.72. The molecule has 0 saturated heterocycles. The molecule has 0 fully saturated rings. The van der Waals surface area contributed by atoms with Gasteiger partial charge in [-0.15, -0.1) is 0 Å². The molecule has 98 valence electrons. The predicted molar refractivity (Wildman–Crippen MR) is 67.5 cm³/mol. The van der Waals surface area contributed by atoms with Crippen LogP contribution in [0.25, 0.3) is 0 Å². The Balaban J connectivity index is 2.86. The third kappa shape index (κ3) is 3.55. The molecule has 0 unspecified atom stereocenters. The lowest BCUT2D eigenvalue weighted by molar-refractivity contribution is -0.137. The molecule has 1 aromatic rings. The molecule has 1 amide bonds. The number of nitrogens with zero attached hydrogens (tertiary/aromatic N) is 2. The summed E-state index contributed by atoms with van der Waals surface area (Å²) in [5.74, 6) is -1.07. The van der Waals surface area contributed by atoms with Crippen molar-refractivity contribution < 1.29 is 14.7 Å². The Bertz CT molecular complexity index is 458. The summed E-state index contributed by atoms with van der Waals surface area (Å²) in [4.78, 5) is 28.5. The van der Waals surface area contributed by atoms with Gasteiger partial charge in [-0.2, -0.15) is 0 Å². The van der Waals surface area contributed by atoms with E-state index in [9.17, 15) is 9.59 Å². The lowest BCUT2D eigenvalue weighted by Gasteiger charge is -2.20. The van der Waals surface area contributed by atoms with E-state index in [-0.39, 0.29) is 18.9 Å². The minimum absolute atomic E-state index is 0.0437. The molecule has 1 N–H and O–H groups in total. The fraction of sp³-hybridized carbons (Fsp3) is 0.462. The fourth-order valence-corrected chi connectivity index (χ4v) is 1.72. The highest BCUT2D eigenvalue weighted by atomic mass is 16.4. The molecule has 18 heavy (non-hydrogen) atoms. The van der Waals surface area contributed by atoms with E-state index in [0.29, 0.717) is 17.8 Å². The normalized spacial score (nSPS) is 10.2. The van der Waals surface area contributed by atoms with Gasteiger partial charge in [0, 0.05) is 18.8 Å². The second kappa shape index (κ2) is 6.14. The fourth-order valence-electron chi connectivity index (χ4n) is 1.72. The van der Waals surface area contributed by atoms with Gasteiger partial charge in [-0.1, -0.05) is 0 Å². The molecule has 0 aliphatic heterocycles. The van der Waals surface area contributed by atoms with Crippen LogP contribution >= 0.6 is 0 Å². The monoisotopic (exact) mass is 250 g/mol. The quantitative estimate of drug-likeness (QED) is 0.862. The average Bonchev–Trinajstić information content (AvgIpc) is 2.29. The molecular formula is C13H18N2O3. The first-order valence-corrected chi connectivity index (χ1v) is 5.91. The summed E-state index contributed by atoms with van der Waals surface area (Å²) in [6.07, 6.45) is -0.0437. The van der Waals surface area contributed by atoms with Crippen LogP contribution in [0.4, 0.5) is 0 Å². The van der Waals surface area contributed by atoms with Gasteiger partial charge in [0.25, 0.3) is 5.91 Å². The van der Waals surface area contributed by atoms with Crippen molar-refractivity contribution in [3.05, 3.63) is 29.1 Å². The number of pyridine rings is 1. The van der Waals surface area contributed by atoms with Gasteiger partial charge >= 0.3 is 5.97 Å². The van der Waals surface area contributed by atoms with Gasteiger partial charge in [0.2, 0.25) is 0 Å². The van der Waals surface area contributed by atoms with E-state index in [1.165, 1.54) is 4.90 Å². The molecule has 0 radical (unpaired) electrons. The van der Waals surface area contributed by atoms with Gasteiger partial charge in [-0.25, -0.2) is 0 Å². The predicted octanol–water partition coefficient (Wildman–Crippen LogP) is 1.64. The van der Waals surface area contributed by atoms with E-state index in [2.05, 4.69) is 4.98 Å². The van der Waals surface area contributed by atoms with E-state index in [1.807, 2.05) is 13.8 Å². The Morgan fingerprint density at radius 2 is 2.00 bits per heavy atom. The van der Waals surface area contributed by atoms with Crippen LogP contribution in [-0.4, -0.2) is 40.0 Å². The van der Waals surface area contributed by atoms with Gasteiger partial charge in [0.05, 0.1) is 17.7 Å². The van der Waals surface area contributed by atoms with Crippen molar-refractivity contribution in [3.8, 4) is 0 Å². The molecular weight excluding hydrogens is 232 g/mol. The van der Waals surface area contributed by atoms with Crippen molar-refractivity contribution in [3.63, 3.8) is 0 Å². The third-order valence-electron chi connectivity index (χ3n) is 2.72. The molecule has 0 saturated carbocycles. The number of aryl methyl sites for hydroxylation is 2. The number of hydrogen-bond acceptors (Lipinski definition) is 3. The van der Waals surface area contributed by atoms with Gasteiger partial charge in [0.1, 0.15) is 0 Å². The lowest BCUT2D eigenvalue weighted by Crippen LogP contribution is -2.33. The molecule has 0 aliphatic rings. The second-order valence-corrected chi connectivity index (χ2v) is 4.11. The van der Waals surface area contributed by atoms with Crippen LogP contribution in [0.3, 0.4) is 0 Å². The number of aliphatic carboxylic acids is 1. The van der Waals surface area contributed by atoms with E-state index >= 15 is 0 Å². The van der Waals surface area contributed by atoms with Gasteiger partial charge < -0.3 is 10.0 Å². The Morgan fingerprint density at radius 1 is 1.33 bits per heavy atom. The first-order chi connectivity index (χ1) is 8.45. The summed E-state index contributed by atoms with van der Waals surface area (Å²) in [6.45, 7) is 6.18. The van der Waals surface area contributed by atoms with Crippen molar-refractivity contribution >= 4 is 11.9 Å². The van der Waals surface area contributed by atoms with E-state index < -0.39 is 5.97 Å². The van der Waals surface area contributed by atoms with Crippen molar-refractivity contribution in [2.24, 2.45) is 0 Å². The van der Waals surface area contributed by atoms with E-state index in [4.69, 9.17) is 5.11 Å². The van der Waals surface area contributed by atoms with Crippen molar-refractivity contribution in [2.75, 3.05) is 13.1 Å². The highest BCUT2D eigenvalue weighted by Gasteiger charge is 2.17. The molecule has 5 heteroatoms. The van der Waals surface area contributed by atoms with Gasteiger partial charge in [-0.3, -0.25) is 14.6 Å². The van der Waals surface area contributed by atoms with Crippen LogP contribution in [0, 0.1) is 13.8 Å². The Labute approximate surface area is 106 Å². The lowest BCUT2D eigenvalue weighted by atomic mass is 10.1. The Morgan fingerprint density at radius 3 is 2.50 bits per heavy atom. The maximum absolute atomic E-state index is 12.2. The molecule has 0 aliphatic carbocycles. The molecule has 0 atom stereocenters. The van der Waals surface area contributed by atoms with Gasteiger partial charge in [0.15, 0.2) is 0 Å². The maximum Gasteiger partial charge on any atom is 0.305 e. The van der Waals surface area contributed by atoms with Gasteiger partial charge in [-0.05, 0) is 32.9 Å². The maximum atomic E-state index is 12.2. The van der Waals surface area contributed by atoms with Crippen LogP contribution in [0.2, 0.25) is 0 Å². The van der Waals surface area contributed by atoms with E-state index in [0.717, 1.165) is 5.69 Å². The molecule has 1 heterocycles. The summed E-state index contributed by atoms with van der Waals surface area (Å²) in [5, 5.41) is 8.65. The van der Waals surface area contributed by atoms with E-state index in [1.54, 1.807) is 19.1 Å². The topological polar surface area (TPSA) is 70.5 Å². The number of rotatable bonds is 5. The molecule has 1 rings (SSSR count). The standard InChI is InChI=1S/C13H18N2O3/c1-4-15(8-7-12(16)17)13(18)11-6-5-9(2)14-10(11)3/h5-6H,4,7-8H2,1-3H3,(H,16,17). The summed E-state index contributed by atoms with van der Waals surface area (Å²) in [5.41, 5.74) is 2.07. The Kier molecular flexibility index (Phi) is 4.83. The first kappa shape index (κ1) is 14.2. The summed E-state index contributed by atoms with van der Waals surface area (Å²) in [7, 11) is 0. The molecule has 0 spiro atoms. The number of carbonyl (C=O) groups excluding carboxylic acids is 1. The first-order valence-electron chi connectivity index (χ1n) is 5.91. The number of carboxylic acids is 1. The number of carboxylic acid groups (broad SMARTS) is 1. The zero-order valence-corrected chi connectivity index (χ0v) is 10.9. The number of hydrogen-bond donors (Lipinski definition) is 1. The smallest absolute Gasteiger partial charge is 0.305 e. The second-order valence-electron chi connectivity index (χ2n) is 4.11. The van der Waals surface area contributed by atoms with Crippen LogP contribution in [0.1, 0.15) is 35.1 Å². The van der Waals surface area contributed by atoms with Crippen molar-refractivity contribution in [1.29, 1.82) is 0 Å². The van der Waals surface area contributed by atoms with Crippen LogP contribution < -0.4 is 0 Å². The zero-order chi connectivity index (χ0) is 13.7. The average molecular weight is 250 g/mol. The summed E-state index contributed by atoms with van der Waals surface area (Å²) >= 11 is 0. The highest BCUT2D eigenvalue weighted by molar-refractivity contribution is 5.95. The molecule has 5 nitrogen and oxygen atoms in total. The molecule has 1 aromatic heterocycles. The van der Waals surface area contributed by atoms with Crippen molar-refractivity contribution in [2.45, 2.75) is 27.2 Å². The van der Waals surface area contributed by atoms with Crippen molar-refractivity contribution in [1.82, 2.24) is 9.88 Å². The van der Waals surface area contributed by atoms with Crippen LogP contribution in [0.15, 0.2) is 12.1 Å². The summed E-state index contributed by atoms with van der Waals surface area (Å²) < 4.78 is 0. The number of amides is 1. The minimum Gasteiger partial charge on any atom is -0.481 e. The largest absolute Gasteiger partial charge is 0.481 e. The zero-order valence-electron chi connectivity index (χ0n) is 10.9. The molecule has 0 aromatic carbocycles. The number of carbonyl (C=O) groups is 2.